The van der Waals surface area contributed by atoms with Crippen LogP contribution in [0.15, 0.2) is 78.9 Å². The summed E-state index contributed by atoms with van der Waals surface area (Å²) in [6.45, 7) is 5.85. The molecule has 1 aliphatic carbocycles. The van der Waals surface area contributed by atoms with Crippen LogP contribution in [0.2, 0.25) is 0 Å². The largest absolute Gasteiger partial charge is 0.481 e. The van der Waals surface area contributed by atoms with Crippen LogP contribution in [0, 0.1) is 0 Å². The molecule has 1 atom stereocenters. The lowest BCUT2D eigenvalue weighted by molar-refractivity contribution is -0.137. The third kappa shape index (κ3) is 7.54. The standard InChI is InChI=1S/C33H38N4O5/c38-31(39)15-14-30(32(40)34-16-17-36-18-20-37(21-19-36)22-24-8-2-1-3-9-24)35-33(41)42-23-29-27-12-6-4-10-25(27)26-11-5-7-13-28(26)29/h1-13,29-30H,14-23H2,(H,34,40)(H,35,41)(H,38,39). The molecule has 2 amide bonds. The van der Waals surface area contributed by atoms with Crippen molar-refractivity contribution in [2.24, 2.45) is 0 Å². The van der Waals surface area contributed by atoms with Crippen LogP contribution in [0.25, 0.3) is 11.1 Å². The number of benzene rings is 3. The second-order valence-electron chi connectivity index (χ2n) is 10.8. The Morgan fingerprint density at radius 2 is 1.43 bits per heavy atom. The molecule has 3 aromatic rings. The quantitative estimate of drug-likeness (QED) is 0.305. The molecule has 3 aromatic carbocycles. The molecule has 0 spiro atoms. The Morgan fingerprint density at radius 1 is 0.833 bits per heavy atom. The molecule has 2 aliphatic rings. The number of carboxylic acid groups (broad SMARTS) is 1. The van der Waals surface area contributed by atoms with E-state index in [0.717, 1.165) is 55.0 Å². The summed E-state index contributed by atoms with van der Waals surface area (Å²) >= 11 is 0. The number of carboxylic acids is 1. The number of nitrogens with one attached hydrogen (secondary N) is 2. The maximum atomic E-state index is 13.0. The predicted octanol–water partition coefficient (Wildman–Crippen LogP) is 3.69. The lowest BCUT2D eigenvalue weighted by atomic mass is 9.98. The minimum absolute atomic E-state index is 0.0243. The first-order chi connectivity index (χ1) is 20.5. The average molecular weight is 571 g/mol. The molecule has 42 heavy (non-hydrogen) atoms. The third-order valence-corrected chi connectivity index (χ3v) is 8.04. The number of rotatable bonds is 12. The summed E-state index contributed by atoms with van der Waals surface area (Å²) in [5, 5.41) is 14.7. The minimum Gasteiger partial charge on any atom is -0.481 e. The van der Waals surface area contributed by atoms with Gasteiger partial charge in [-0.25, -0.2) is 4.79 Å². The van der Waals surface area contributed by atoms with E-state index in [1.807, 2.05) is 42.5 Å². The third-order valence-electron chi connectivity index (χ3n) is 8.04. The van der Waals surface area contributed by atoms with Gasteiger partial charge in [0.15, 0.2) is 0 Å². The zero-order chi connectivity index (χ0) is 29.3. The van der Waals surface area contributed by atoms with Crippen LogP contribution in [-0.4, -0.2) is 84.8 Å². The Bertz CT molecular complexity index is 1330. The van der Waals surface area contributed by atoms with E-state index in [9.17, 15) is 19.5 Å². The van der Waals surface area contributed by atoms with Crippen LogP contribution < -0.4 is 10.6 Å². The van der Waals surface area contributed by atoms with Crippen molar-refractivity contribution in [2.45, 2.75) is 31.3 Å². The summed E-state index contributed by atoms with van der Waals surface area (Å²) in [5.74, 6) is -1.55. The van der Waals surface area contributed by atoms with Crippen molar-refractivity contribution < 1.29 is 24.2 Å². The van der Waals surface area contributed by atoms with E-state index in [2.05, 4.69) is 56.8 Å². The second-order valence-corrected chi connectivity index (χ2v) is 10.8. The van der Waals surface area contributed by atoms with Crippen LogP contribution in [0.1, 0.15) is 35.4 Å². The van der Waals surface area contributed by atoms with Crippen LogP contribution in [0.3, 0.4) is 0 Å². The molecule has 0 aromatic heterocycles. The minimum atomic E-state index is -1.03. The number of ether oxygens (including phenoxy) is 1. The van der Waals surface area contributed by atoms with Gasteiger partial charge in [0.2, 0.25) is 5.91 Å². The molecule has 1 fully saturated rings. The Morgan fingerprint density at radius 3 is 2.07 bits per heavy atom. The number of amides is 2. The van der Waals surface area contributed by atoms with E-state index in [1.54, 1.807) is 0 Å². The molecule has 0 radical (unpaired) electrons. The first kappa shape index (κ1) is 29.3. The first-order valence-electron chi connectivity index (χ1n) is 14.6. The van der Waals surface area contributed by atoms with Crippen molar-refractivity contribution >= 4 is 18.0 Å². The number of hydrogen-bond donors (Lipinski definition) is 3. The van der Waals surface area contributed by atoms with E-state index in [0.29, 0.717) is 13.1 Å². The van der Waals surface area contributed by atoms with Gasteiger partial charge in [0.25, 0.3) is 0 Å². The molecular weight excluding hydrogens is 532 g/mol. The molecule has 1 saturated heterocycles. The van der Waals surface area contributed by atoms with E-state index >= 15 is 0 Å². The maximum absolute atomic E-state index is 13.0. The van der Waals surface area contributed by atoms with Gasteiger partial charge in [0.1, 0.15) is 12.6 Å². The lowest BCUT2D eigenvalue weighted by Crippen LogP contribution is -2.51. The highest BCUT2D eigenvalue weighted by Crippen LogP contribution is 2.44. The fourth-order valence-corrected chi connectivity index (χ4v) is 5.79. The zero-order valence-corrected chi connectivity index (χ0v) is 23.7. The molecule has 1 aliphatic heterocycles. The molecule has 1 heterocycles. The number of piperazine rings is 1. The zero-order valence-electron chi connectivity index (χ0n) is 23.7. The summed E-state index contributed by atoms with van der Waals surface area (Å²) in [4.78, 5) is 41.7. The average Bonchev–Trinajstić information content (AvgIpc) is 3.33. The summed E-state index contributed by atoms with van der Waals surface area (Å²) in [7, 11) is 0. The summed E-state index contributed by atoms with van der Waals surface area (Å²) in [6, 6.07) is 25.5. The van der Waals surface area contributed by atoms with Crippen molar-refractivity contribution in [3.05, 3.63) is 95.6 Å². The van der Waals surface area contributed by atoms with Crippen LogP contribution in [-0.2, 0) is 20.9 Å². The van der Waals surface area contributed by atoms with Crippen molar-refractivity contribution in [1.82, 2.24) is 20.4 Å². The van der Waals surface area contributed by atoms with Gasteiger partial charge in [-0.1, -0.05) is 78.9 Å². The van der Waals surface area contributed by atoms with Gasteiger partial charge in [-0.3, -0.25) is 19.4 Å². The van der Waals surface area contributed by atoms with Gasteiger partial charge < -0.3 is 20.5 Å². The number of alkyl carbamates (subject to hydrolysis) is 1. The van der Waals surface area contributed by atoms with Gasteiger partial charge in [0, 0.05) is 58.2 Å². The fraction of sp³-hybridized carbons (Fsp3) is 0.364. The van der Waals surface area contributed by atoms with Gasteiger partial charge in [-0.05, 0) is 34.2 Å². The predicted molar refractivity (Wildman–Crippen MR) is 160 cm³/mol. The number of carbonyl (C=O) groups is 3. The van der Waals surface area contributed by atoms with E-state index in [1.165, 1.54) is 5.56 Å². The van der Waals surface area contributed by atoms with E-state index < -0.39 is 24.0 Å². The highest BCUT2D eigenvalue weighted by Gasteiger charge is 2.30. The van der Waals surface area contributed by atoms with Crippen LogP contribution in [0.5, 0.6) is 0 Å². The number of hydrogen-bond acceptors (Lipinski definition) is 6. The molecule has 9 nitrogen and oxygen atoms in total. The normalized spacial score (nSPS) is 15.8. The molecular formula is C33H38N4O5. The Labute approximate surface area is 246 Å². The van der Waals surface area contributed by atoms with Crippen LogP contribution >= 0.6 is 0 Å². The summed E-state index contributed by atoms with van der Waals surface area (Å²) in [5.41, 5.74) is 5.73. The molecule has 9 heteroatoms. The van der Waals surface area contributed by atoms with E-state index in [-0.39, 0.29) is 25.4 Å². The maximum Gasteiger partial charge on any atom is 0.407 e. The Balaban J connectivity index is 1.08. The smallest absolute Gasteiger partial charge is 0.407 e. The summed E-state index contributed by atoms with van der Waals surface area (Å²) in [6.07, 6.45) is -1.01. The van der Waals surface area contributed by atoms with Gasteiger partial charge in [-0.15, -0.1) is 0 Å². The summed E-state index contributed by atoms with van der Waals surface area (Å²) < 4.78 is 5.59. The first-order valence-corrected chi connectivity index (χ1v) is 14.6. The molecule has 0 saturated carbocycles. The molecule has 1 unspecified atom stereocenters. The number of fused-ring (bicyclic) bond motifs is 3. The molecule has 0 bridgehead atoms. The number of carbonyl (C=O) groups excluding carboxylic acids is 2. The lowest BCUT2D eigenvalue weighted by Gasteiger charge is -2.34. The van der Waals surface area contributed by atoms with Gasteiger partial charge >= 0.3 is 12.1 Å². The SMILES string of the molecule is O=C(O)CCC(NC(=O)OCC1c2ccccc2-c2ccccc21)C(=O)NCCN1CCN(Cc2ccccc2)CC1. The molecule has 5 rings (SSSR count). The van der Waals surface area contributed by atoms with Crippen molar-refractivity contribution in [3.63, 3.8) is 0 Å². The topological polar surface area (TPSA) is 111 Å². The van der Waals surface area contributed by atoms with E-state index in [4.69, 9.17) is 4.74 Å². The van der Waals surface area contributed by atoms with Crippen molar-refractivity contribution in [1.29, 1.82) is 0 Å². The fourth-order valence-electron chi connectivity index (χ4n) is 5.79. The number of nitrogens with zero attached hydrogens (tertiary/aromatic N) is 2. The highest BCUT2D eigenvalue weighted by molar-refractivity contribution is 5.86. The Hall–Kier alpha value is -4.21. The van der Waals surface area contributed by atoms with Crippen molar-refractivity contribution in [3.8, 4) is 11.1 Å². The molecule has 220 valence electrons. The molecule has 3 N–H and O–H groups in total. The van der Waals surface area contributed by atoms with Gasteiger partial charge in [0.05, 0.1) is 0 Å². The second kappa shape index (κ2) is 14.1. The Kier molecular flexibility index (Phi) is 9.84. The monoisotopic (exact) mass is 570 g/mol. The van der Waals surface area contributed by atoms with Crippen molar-refractivity contribution in [2.75, 3.05) is 45.9 Å². The van der Waals surface area contributed by atoms with Crippen LogP contribution in [0.4, 0.5) is 4.79 Å². The number of aliphatic carboxylic acids is 1. The highest BCUT2D eigenvalue weighted by atomic mass is 16.5. The van der Waals surface area contributed by atoms with Gasteiger partial charge in [-0.2, -0.15) is 0 Å².